The van der Waals surface area contributed by atoms with Gasteiger partial charge in [0.05, 0.1) is 11.4 Å². The molecule has 0 bridgehead atoms. The van der Waals surface area contributed by atoms with Crippen LogP contribution in [0.1, 0.15) is 25.7 Å². The number of para-hydroxylation sites is 2. The van der Waals surface area contributed by atoms with E-state index in [9.17, 15) is 4.79 Å². The van der Waals surface area contributed by atoms with Crippen molar-refractivity contribution < 1.29 is 9.53 Å². The smallest absolute Gasteiger partial charge is 0.230 e. The van der Waals surface area contributed by atoms with Crippen molar-refractivity contribution in [2.45, 2.75) is 25.7 Å². The molecule has 1 aromatic rings. The van der Waals surface area contributed by atoms with E-state index in [2.05, 4.69) is 23.1 Å². The molecule has 0 atom stereocenters. The maximum absolute atomic E-state index is 12.9. The Hall–Kier alpha value is -1.55. The Morgan fingerprint density at radius 1 is 1.05 bits per heavy atom. The zero-order valence-corrected chi connectivity index (χ0v) is 13.0. The molecule has 1 amide bonds. The summed E-state index contributed by atoms with van der Waals surface area (Å²) in [7, 11) is 0. The number of hydrogen-bond donors (Lipinski definition) is 0. The van der Waals surface area contributed by atoms with Crippen LogP contribution in [-0.4, -0.2) is 38.8 Å². The minimum Gasteiger partial charge on any atom is -0.381 e. The van der Waals surface area contributed by atoms with Crippen molar-refractivity contribution in [2.24, 2.45) is 11.8 Å². The van der Waals surface area contributed by atoms with E-state index < -0.39 is 0 Å². The lowest BCUT2D eigenvalue weighted by Crippen LogP contribution is -2.47. The van der Waals surface area contributed by atoms with Crippen molar-refractivity contribution in [3.8, 4) is 0 Å². The zero-order chi connectivity index (χ0) is 14.9. The third-order valence-electron chi connectivity index (χ3n) is 5.12. The number of carbonyl (C=O) groups excluding carboxylic acids is 1. The molecule has 0 radical (unpaired) electrons. The van der Waals surface area contributed by atoms with E-state index in [1.165, 1.54) is 18.5 Å². The van der Waals surface area contributed by atoms with Crippen LogP contribution >= 0.6 is 0 Å². The number of ether oxygens (including phenoxy) is 1. The van der Waals surface area contributed by atoms with Crippen molar-refractivity contribution in [1.29, 1.82) is 0 Å². The number of rotatable bonds is 3. The fourth-order valence-electron chi connectivity index (χ4n) is 3.62. The van der Waals surface area contributed by atoms with E-state index in [0.29, 0.717) is 5.91 Å². The summed E-state index contributed by atoms with van der Waals surface area (Å²) in [5.41, 5.74) is 2.34. The van der Waals surface area contributed by atoms with Crippen LogP contribution in [0.15, 0.2) is 24.3 Å². The molecule has 1 saturated heterocycles. The molecule has 0 N–H and O–H groups in total. The number of nitrogens with zero attached hydrogens (tertiary/aromatic N) is 2. The number of hydrogen-bond acceptors (Lipinski definition) is 3. The summed E-state index contributed by atoms with van der Waals surface area (Å²) in [5, 5.41) is 0. The molecule has 1 aromatic carbocycles. The van der Waals surface area contributed by atoms with Gasteiger partial charge in [0.15, 0.2) is 0 Å². The lowest BCUT2D eigenvalue weighted by atomic mass is 9.97. The number of amides is 1. The quantitative estimate of drug-likeness (QED) is 0.860. The molecule has 22 heavy (non-hydrogen) atoms. The van der Waals surface area contributed by atoms with Crippen molar-refractivity contribution in [3.63, 3.8) is 0 Å². The summed E-state index contributed by atoms with van der Waals surface area (Å²) >= 11 is 0. The van der Waals surface area contributed by atoms with Gasteiger partial charge in [-0.05, 0) is 43.7 Å². The molecule has 0 spiro atoms. The van der Waals surface area contributed by atoms with Crippen LogP contribution in [0.2, 0.25) is 0 Å². The van der Waals surface area contributed by atoms with Gasteiger partial charge in [-0.25, -0.2) is 0 Å². The first kappa shape index (κ1) is 14.1. The number of anilines is 2. The van der Waals surface area contributed by atoms with Crippen LogP contribution in [0.3, 0.4) is 0 Å². The van der Waals surface area contributed by atoms with Gasteiger partial charge in [0, 0.05) is 38.8 Å². The average Bonchev–Trinajstić information content (AvgIpc) is 3.39. The highest BCUT2D eigenvalue weighted by molar-refractivity contribution is 5.99. The van der Waals surface area contributed by atoms with Crippen molar-refractivity contribution in [3.05, 3.63) is 24.3 Å². The van der Waals surface area contributed by atoms with Crippen LogP contribution in [0, 0.1) is 11.8 Å². The van der Waals surface area contributed by atoms with E-state index in [4.69, 9.17) is 4.74 Å². The molecule has 4 nitrogen and oxygen atoms in total. The first-order valence-corrected chi connectivity index (χ1v) is 8.56. The van der Waals surface area contributed by atoms with Gasteiger partial charge in [-0.2, -0.15) is 0 Å². The molecular weight excluding hydrogens is 276 g/mol. The van der Waals surface area contributed by atoms with Crippen LogP contribution < -0.4 is 9.80 Å². The third kappa shape index (κ3) is 2.72. The fraction of sp³-hybridized carbons (Fsp3) is 0.611. The fourth-order valence-corrected chi connectivity index (χ4v) is 3.62. The van der Waals surface area contributed by atoms with E-state index in [0.717, 1.165) is 57.3 Å². The Balaban J connectivity index is 1.56. The number of benzene rings is 1. The van der Waals surface area contributed by atoms with E-state index in [1.807, 2.05) is 11.0 Å². The van der Waals surface area contributed by atoms with E-state index in [1.54, 1.807) is 0 Å². The average molecular weight is 300 g/mol. The van der Waals surface area contributed by atoms with E-state index >= 15 is 0 Å². The van der Waals surface area contributed by atoms with Gasteiger partial charge in [-0.15, -0.1) is 0 Å². The Bertz CT molecular complexity index is 550. The standard InChI is InChI=1S/C18H24N2O2/c21-18(15-7-11-22-12-8-15)20-10-9-19(13-14-5-6-14)16-3-1-2-4-17(16)20/h1-4,14-15H,5-13H2. The summed E-state index contributed by atoms with van der Waals surface area (Å²) < 4.78 is 5.40. The van der Waals surface area contributed by atoms with Gasteiger partial charge in [-0.3, -0.25) is 4.79 Å². The summed E-state index contributed by atoms with van der Waals surface area (Å²) in [5.74, 6) is 1.30. The maximum Gasteiger partial charge on any atom is 0.230 e. The second-order valence-corrected chi connectivity index (χ2v) is 6.75. The van der Waals surface area contributed by atoms with Gasteiger partial charge in [0.1, 0.15) is 0 Å². The van der Waals surface area contributed by atoms with Gasteiger partial charge in [-0.1, -0.05) is 12.1 Å². The molecular formula is C18H24N2O2. The molecule has 1 aliphatic carbocycles. The van der Waals surface area contributed by atoms with Crippen molar-refractivity contribution >= 4 is 17.3 Å². The van der Waals surface area contributed by atoms with Crippen LogP contribution in [0.5, 0.6) is 0 Å². The highest BCUT2D eigenvalue weighted by Crippen LogP contribution is 2.38. The number of fused-ring (bicyclic) bond motifs is 1. The third-order valence-corrected chi connectivity index (χ3v) is 5.12. The van der Waals surface area contributed by atoms with Gasteiger partial charge >= 0.3 is 0 Å². The zero-order valence-electron chi connectivity index (χ0n) is 13.0. The normalized spacial score (nSPS) is 22.5. The number of carbonyl (C=O) groups is 1. The second kappa shape index (κ2) is 5.92. The maximum atomic E-state index is 12.9. The molecule has 4 rings (SSSR count). The highest BCUT2D eigenvalue weighted by atomic mass is 16.5. The van der Waals surface area contributed by atoms with Gasteiger partial charge < -0.3 is 14.5 Å². The largest absolute Gasteiger partial charge is 0.381 e. The predicted octanol–water partition coefficient (Wildman–Crippen LogP) is 2.68. The molecule has 0 aromatic heterocycles. The lowest BCUT2D eigenvalue weighted by molar-refractivity contribution is -0.125. The Morgan fingerprint density at radius 2 is 1.77 bits per heavy atom. The molecule has 2 fully saturated rings. The first-order chi connectivity index (χ1) is 10.8. The van der Waals surface area contributed by atoms with Crippen LogP contribution in [0.25, 0.3) is 0 Å². The summed E-state index contributed by atoms with van der Waals surface area (Å²) in [6, 6.07) is 8.40. The van der Waals surface area contributed by atoms with Crippen molar-refractivity contribution in [2.75, 3.05) is 42.6 Å². The highest BCUT2D eigenvalue weighted by Gasteiger charge is 2.33. The Kier molecular flexibility index (Phi) is 3.78. The Morgan fingerprint density at radius 3 is 2.50 bits per heavy atom. The van der Waals surface area contributed by atoms with Crippen LogP contribution in [-0.2, 0) is 9.53 Å². The Labute approximate surface area is 132 Å². The van der Waals surface area contributed by atoms with Crippen molar-refractivity contribution in [1.82, 2.24) is 0 Å². The van der Waals surface area contributed by atoms with Gasteiger partial charge in [0.2, 0.25) is 5.91 Å². The molecule has 118 valence electrons. The second-order valence-electron chi connectivity index (χ2n) is 6.75. The molecule has 3 aliphatic rings. The monoisotopic (exact) mass is 300 g/mol. The molecule has 2 heterocycles. The summed E-state index contributed by atoms with van der Waals surface area (Å²) in [6.45, 7) is 4.37. The van der Waals surface area contributed by atoms with E-state index in [-0.39, 0.29) is 5.92 Å². The summed E-state index contributed by atoms with van der Waals surface area (Å²) in [6.07, 6.45) is 4.46. The molecule has 1 saturated carbocycles. The molecule has 2 aliphatic heterocycles. The first-order valence-electron chi connectivity index (χ1n) is 8.56. The molecule has 0 unspecified atom stereocenters. The lowest BCUT2D eigenvalue weighted by Gasteiger charge is -2.39. The van der Waals surface area contributed by atoms with Gasteiger partial charge in [0.25, 0.3) is 0 Å². The molecule has 4 heteroatoms. The minimum absolute atomic E-state index is 0.136. The SMILES string of the molecule is O=C(C1CCOCC1)N1CCN(CC2CC2)c2ccccc21. The minimum atomic E-state index is 0.136. The summed E-state index contributed by atoms with van der Waals surface area (Å²) in [4.78, 5) is 17.4. The van der Waals surface area contributed by atoms with Crippen LogP contribution in [0.4, 0.5) is 11.4 Å². The predicted molar refractivity (Wildman–Crippen MR) is 87.3 cm³/mol. The topological polar surface area (TPSA) is 32.8 Å².